The molecule has 82 valence electrons. The highest BCUT2D eigenvalue weighted by Gasteiger charge is 2.16. The predicted octanol–water partition coefficient (Wildman–Crippen LogP) is 1.67. The highest BCUT2D eigenvalue weighted by molar-refractivity contribution is 5.25. The molecule has 1 N–H and O–H groups in total. The lowest BCUT2D eigenvalue weighted by molar-refractivity contribution is 0.0287. The Kier molecular flexibility index (Phi) is 3.34. The van der Waals surface area contributed by atoms with Crippen molar-refractivity contribution in [3.8, 4) is 0 Å². The molecule has 1 atom stereocenters. The average molecular weight is 209 g/mol. The number of rotatable bonds is 2. The minimum absolute atomic E-state index is 0.0910. The molecule has 15 heavy (non-hydrogen) atoms. The molecule has 1 saturated heterocycles. The third kappa shape index (κ3) is 2.55. The van der Waals surface area contributed by atoms with Gasteiger partial charge in [0, 0.05) is 19.5 Å². The summed E-state index contributed by atoms with van der Waals surface area (Å²) in [5.41, 5.74) is 1.46. The van der Waals surface area contributed by atoms with Crippen LogP contribution >= 0.6 is 0 Å². The molecule has 0 bridgehead atoms. The predicted molar refractivity (Wildman–Crippen MR) is 57.5 cm³/mol. The van der Waals surface area contributed by atoms with Gasteiger partial charge < -0.3 is 10.1 Å². The first-order valence-corrected chi connectivity index (χ1v) is 5.33. The van der Waals surface area contributed by atoms with E-state index in [9.17, 15) is 4.39 Å². The molecule has 3 heteroatoms. The van der Waals surface area contributed by atoms with Gasteiger partial charge in [0.1, 0.15) is 5.82 Å². The van der Waals surface area contributed by atoms with E-state index in [1.165, 1.54) is 0 Å². The van der Waals surface area contributed by atoms with Crippen LogP contribution in [0.15, 0.2) is 18.2 Å². The molecule has 0 aromatic heterocycles. The molecule has 1 aromatic carbocycles. The fourth-order valence-electron chi connectivity index (χ4n) is 1.86. The Morgan fingerprint density at radius 1 is 1.53 bits per heavy atom. The zero-order valence-electron chi connectivity index (χ0n) is 8.92. The largest absolute Gasteiger partial charge is 0.375 e. The number of ether oxygens (including phenoxy) is 1. The number of aryl methyl sites for hydroxylation is 1. The Balaban J connectivity index is 2.06. The van der Waals surface area contributed by atoms with Gasteiger partial charge in [-0.15, -0.1) is 0 Å². The zero-order valence-corrected chi connectivity index (χ0v) is 8.92. The summed E-state index contributed by atoms with van der Waals surface area (Å²) in [5.74, 6) is -0.0910. The van der Waals surface area contributed by atoms with Gasteiger partial charge in [0.2, 0.25) is 0 Å². The summed E-state index contributed by atoms with van der Waals surface area (Å²) in [6.45, 7) is 4.22. The fraction of sp³-hybridized carbons (Fsp3) is 0.500. The first kappa shape index (κ1) is 10.6. The van der Waals surface area contributed by atoms with E-state index in [1.807, 2.05) is 12.1 Å². The standard InChI is InChI=1S/C12H16FNO/c1-9-3-2-4-10(12(9)13)7-11-8-14-5-6-15-11/h2-4,11,14H,5-8H2,1H3. The second kappa shape index (κ2) is 4.73. The summed E-state index contributed by atoms with van der Waals surface area (Å²) >= 11 is 0. The molecule has 0 spiro atoms. The molecule has 1 unspecified atom stereocenters. The highest BCUT2D eigenvalue weighted by atomic mass is 19.1. The lowest BCUT2D eigenvalue weighted by atomic mass is 10.0. The van der Waals surface area contributed by atoms with Crippen LogP contribution in [0, 0.1) is 12.7 Å². The Bertz CT molecular complexity index is 334. The van der Waals surface area contributed by atoms with Crippen molar-refractivity contribution in [2.24, 2.45) is 0 Å². The van der Waals surface area contributed by atoms with Crippen molar-refractivity contribution in [1.82, 2.24) is 5.32 Å². The van der Waals surface area contributed by atoms with E-state index >= 15 is 0 Å². The van der Waals surface area contributed by atoms with Crippen LogP contribution in [0.2, 0.25) is 0 Å². The Hall–Kier alpha value is -0.930. The lowest BCUT2D eigenvalue weighted by Crippen LogP contribution is -2.39. The van der Waals surface area contributed by atoms with Gasteiger partial charge in [0.25, 0.3) is 0 Å². The number of halogens is 1. The van der Waals surface area contributed by atoms with E-state index in [2.05, 4.69) is 5.32 Å². The normalized spacial score (nSPS) is 21.6. The van der Waals surface area contributed by atoms with Gasteiger partial charge in [-0.25, -0.2) is 4.39 Å². The van der Waals surface area contributed by atoms with E-state index < -0.39 is 0 Å². The van der Waals surface area contributed by atoms with Crippen LogP contribution in [0.5, 0.6) is 0 Å². The first-order chi connectivity index (χ1) is 7.27. The highest BCUT2D eigenvalue weighted by Crippen LogP contribution is 2.15. The van der Waals surface area contributed by atoms with Crippen LogP contribution in [0.25, 0.3) is 0 Å². The van der Waals surface area contributed by atoms with Gasteiger partial charge in [-0.05, 0) is 18.1 Å². The summed E-state index contributed by atoms with van der Waals surface area (Å²) in [5, 5.41) is 3.24. The van der Waals surface area contributed by atoms with Crippen molar-refractivity contribution in [2.45, 2.75) is 19.4 Å². The summed E-state index contributed by atoms with van der Waals surface area (Å²) in [4.78, 5) is 0. The quantitative estimate of drug-likeness (QED) is 0.800. The van der Waals surface area contributed by atoms with E-state index in [4.69, 9.17) is 4.74 Å². The molecular formula is C12H16FNO. The summed E-state index contributed by atoms with van der Waals surface area (Å²) < 4.78 is 19.2. The molecule has 0 amide bonds. The Morgan fingerprint density at radius 3 is 3.13 bits per heavy atom. The summed E-state index contributed by atoms with van der Waals surface area (Å²) in [6, 6.07) is 5.52. The smallest absolute Gasteiger partial charge is 0.129 e. The number of hydrogen-bond donors (Lipinski definition) is 1. The second-order valence-corrected chi connectivity index (χ2v) is 3.95. The van der Waals surface area contributed by atoms with Gasteiger partial charge in [-0.3, -0.25) is 0 Å². The van der Waals surface area contributed by atoms with Crippen LogP contribution in [0.4, 0.5) is 4.39 Å². The monoisotopic (exact) mass is 209 g/mol. The third-order valence-corrected chi connectivity index (χ3v) is 2.72. The summed E-state index contributed by atoms with van der Waals surface area (Å²) in [6.07, 6.45) is 0.760. The molecule has 2 nitrogen and oxygen atoms in total. The number of hydrogen-bond acceptors (Lipinski definition) is 2. The fourth-order valence-corrected chi connectivity index (χ4v) is 1.86. The van der Waals surface area contributed by atoms with Crippen molar-refractivity contribution in [3.63, 3.8) is 0 Å². The lowest BCUT2D eigenvalue weighted by Gasteiger charge is -2.23. The second-order valence-electron chi connectivity index (χ2n) is 3.95. The minimum atomic E-state index is -0.0910. The van der Waals surface area contributed by atoms with E-state index in [1.54, 1.807) is 13.0 Å². The van der Waals surface area contributed by atoms with Gasteiger partial charge >= 0.3 is 0 Å². The van der Waals surface area contributed by atoms with Gasteiger partial charge in [0.15, 0.2) is 0 Å². The van der Waals surface area contributed by atoms with Crippen molar-refractivity contribution in [3.05, 3.63) is 35.1 Å². The molecule has 2 rings (SSSR count). The third-order valence-electron chi connectivity index (χ3n) is 2.72. The molecule has 1 aliphatic rings. The maximum absolute atomic E-state index is 13.7. The zero-order chi connectivity index (χ0) is 10.7. The van der Waals surface area contributed by atoms with Crippen molar-refractivity contribution in [1.29, 1.82) is 0 Å². The number of morpholine rings is 1. The molecule has 0 radical (unpaired) electrons. The topological polar surface area (TPSA) is 21.3 Å². The van der Waals surface area contributed by atoms with Crippen LogP contribution in [0.1, 0.15) is 11.1 Å². The van der Waals surface area contributed by atoms with E-state index in [0.717, 1.165) is 25.3 Å². The molecule has 1 aliphatic heterocycles. The molecule has 0 saturated carbocycles. The number of nitrogens with one attached hydrogen (secondary N) is 1. The van der Waals surface area contributed by atoms with Crippen LogP contribution in [-0.2, 0) is 11.2 Å². The first-order valence-electron chi connectivity index (χ1n) is 5.33. The van der Waals surface area contributed by atoms with Crippen LogP contribution in [0.3, 0.4) is 0 Å². The molecular weight excluding hydrogens is 193 g/mol. The minimum Gasteiger partial charge on any atom is -0.375 e. The van der Waals surface area contributed by atoms with Crippen molar-refractivity contribution >= 4 is 0 Å². The molecule has 0 aliphatic carbocycles. The molecule has 1 heterocycles. The van der Waals surface area contributed by atoms with Crippen LogP contribution < -0.4 is 5.32 Å². The van der Waals surface area contributed by atoms with Gasteiger partial charge in [-0.2, -0.15) is 0 Å². The van der Waals surface area contributed by atoms with Crippen LogP contribution in [-0.4, -0.2) is 25.8 Å². The Morgan fingerprint density at radius 2 is 2.40 bits per heavy atom. The maximum atomic E-state index is 13.7. The maximum Gasteiger partial charge on any atom is 0.129 e. The van der Waals surface area contributed by atoms with Gasteiger partial charge in [0.05, 0.1) is 12.7 Å². The SMILES string of the molecule is Cc1cccc(CC2CNCCO2)c1F. The van der Waals surface area contributed by atoms with E-state index in [0.29, 0.717) is 12.0 Å². The van der Waals surface area contributed by atoms with E-state index in [-0.39, 0.29) is 11.9 Å². The molecule has 1 fully saturated rings. The summed E-state index contributed by atoms with van der Waals surface area (Å²) in [7, 11) is 0. The average Bonchev–Trinajstić information content (AvgIpc) is 2.26. The number of benzene rings is 1. The van der Waals surface area contributed by atoms with Gasteiger partial charge in [-0.1, -0.05) is 18.2 Å². The van der Waals surface area contributed by atoms with Crippen molar-refractivity contribution in [2.75, 3.05) is 19.7 Å². The Labute approximate surface area is 89.4 Å². The van der Waals surface area contributed by atoms with Crippen molar-refractivity contribution < 1.29 is 9.13 Å². The molecule has 1 aromatic rings.